The van der Waals surface area contributed by atoms with E-state index < -0.39 is 0 Å². The van der Waals surface area contributed by atoms with Crippen LogP contribution >= 0.6 is 0 Å². The number of fused-ring (bicyclic) bond motifs is 5. The highest BCUT2D eigenvalue weighted by Crippen LogP contribution is 2.36. The van der Waals surface area contributed by atoms with E-state index in [0.29, 0.717) is 11.4 Å². The Morgan fingerprint density at radius 1 is 0.700 bits per heavy atom. The molecule has 0 N–H and O–H groups in total. The highest BCUT2D eigenvalue weighted by Gasteiger charge is 2.16. The molecule has 6 aromatic rings. The van der Waals surface area contributed by atoms with Gasteiger partial charge in [0.05, 0.1) is 29.7 Å². The molecule has 6 rings (SSSR count). The van der Waals surface area contributed by atoms with Crippen molar-refractivity contribution in [3.05, 3.63) is 102 Å². The first-order chi connectivity index (χ1) is 14.7. The van der Waals surface area contributed by atoms with Gasteiger partial charge in [0.1, 0.15) is 0 Å². The number of pyridine rings is 1. The van der Waals surface area contributed by atoms with E-state index in [1.807, 2.05) is 59.2 Å². The summed E-state index contributed by atoms with van der Waals surface area (Å²) < 4.78 is 4.00. The normalized spacial score (nSPS) is 11.3. The van der Waals surface area contributed by atoms with Crippen LogP contribution < -0.4 is 0 Å². The van der Waals surface area contributed by atoms with E-state index in [0.717, 1.165) is 38.5 Å². The Morgan fingerprint density at radius 2 is 1.33 bits per heavy atom. The first-order valence-corrected chi connectivity index (χ1v) is 9.47. The number of rotatable bonds is 1. The second kappa shape index (κ2) is 5.94. The molecule has 5 nitrogen and oxygen atoms in total. The topological polar surface area (TPSA) is 31.0 Å². The molecule has 3 heterocycles. The summed E-state index contributed by atoms with van der Waals surface area (Å²) in [5, 5.41) is 9.05. The van der Waals surface area contributed by atoms with Crippen LogP contribution in [-0.2, 0) is 0 Å². The van der Waals surface area contributed by atoms with Crippen LogP contribution in [0.1, 0.15) is 0 Å². The molecule has 0 aliphatic heterocycles. The second-order valence-corrected chi connectivity index (χ2v) is 7.24. The molecule has 3 aromatic heterocycles. The van der Waals surface area contributed by atoms with Crippen LogP contribution in [0.2, 0.25) is 0 Å². The highest BCUT2D eigenvalue weighted by molar-refractivity contribution is 6.11. The first-order valence-electron chi connectivity index (χ1n) is 9.47. The number of hydrogen-bond acceptors (Lipinski definition) is 1. The molecule has 138 valence electrons. The fraction of sp³-hybridized carbons (Fsp3) is 0. The lowest BCUT2D eigenvalue weighted by Crippen LogP contribution is -1.95. The maximum atomic E-state index is 7.37. The molecule has 0 aliphatic carbocycles. The van der Waals surface area contributed by atoms with E-state index in [1.165, 1.54) is 5.39 Å². The average Bonchev–Trinajstić information content (AvgIpc) is 3.34. The van der Waals surface area contributed by atoms with Gasteiger partial charge in [-0.15, -0.1) is 5.10 Å². The molecular formula is C25H13N5. The van der Waals surface area contributed by atoms with Crippen molar-refractivity contribution in [3.8, 4) is 5.82 Å². The summed E-state index contributed by atoms with van der Waals surface area (Å²) in [7, 11) is 0. The van der Waals surface area contributed by atoms with Gasteiger partial charge >= 0.3 is 0 Å². The van der Waals surface area contributed by atoms with Crippen LogP contribution in [0.5, 0.6) is 0 Å². The summed E-state index contributed by atoms with van der Waals surface area (Å²) in [6.45, 7) is 14.7. The maximum absolute atomic E-state index is 7.37. The maximum Gasteiger partial charge on any atom is 0.188 e. The van der Waals surface area contributed by atoms with Crippen LogP contribution in [0.15, 0.2) is 79.0 Å². The van der Waals surface area contributed by atoms with Crippen molar-refractivity contribution in [2.75, 3.05) is 0 Å². The predicted molar refractivity (Wildman–Crippen MR) is 120 cm³/mol. The van der Waals surface area contributed by atoms with Crippen LogP contribution in [0, 0.1) is 13.1 Å². The molecule has 30 heavy (non-hydrogen) atoms. The molecule has 0 spiro atoms. The highest BCUT2D eigenvalue weighted by atomic mass is 15.3. The molecular weight excluding hydrogens is 370 g/mol. The van der Waals surface area contributed by atoms with Gasteiger partial charge in [0.15, 0.2) is 17.2 Å². The van der Waals surface area contributed by atoms with Crippen LogP contribution in [0.3, 0.4) is 0 Å². The molecule has 5 heteroatoms. The minimum absolute atomic E-state index is 0.580. The lowest BCUT2D eigenvalue weighted by atomic mass is 10.1. The van der Waals surface area contributed by atoms with Crippen LogP contribution in [-0.4, -0.2) is 14.2 Å². The van der Waals surface area contributed by atoms with E-state index in [2.05, 4.69) is 38.5 Å². The van der Waals surface area contributed by atoms with Crippen LogP contribution in [0.25, 0.3) is 53.6 Å². The third kappa shape index (κ3) is 2.24. The molecule has 0 radical (unpaired) electrons. The minimum Gasteiger partial charge on any atom is -0.292 e. The zero-order valence-electron chi connectivity index (χ0n) is 15.7. The molecule has 0 fully saturated rings. The molecule has 0 saturated heterocycles. The van der Waals surface area contributed by atoms with E-state index in [1.54, 1.807) is 0 Å². The molecule has 0 unspecified atom stereocenters. The average molecular weight is 383 g/mol. The number of nitrogens with zero attached hydrogens (tertiary/aromatic N) is 5. The largest absolute Gasteiger partial charge is 0.292 e. The molecule has 0 amide bonds. The van der Waals surface area contributed by atoms with Crippen molar-refractivity contribution >= 4 is 49.5 Å². The van der Waals surface area contributed by atoms with E-state index in [4.69, 9.17) is 18.2 Å². The SMILES string of the molecule is [C-]#[N+]c1ccc2c(c1)c1cc([N+]#[C-])ccc1n2-c1cc2cc3ccccc3cn2n1. The molecule has 0 bridgehead atoms. The first kappa shape index (κ1) is 16.4. The van der Waals surface area contributed by atoms with Crippen molar-refractivity contribution in [1.29, 1.82) is 0 Å². The van der Waals surface area contributed by atoms with E-state index in [-0.39, 0.29) is 0 Å². The zero-order valence-corrected chi connectivity index (χ0v) is 15.7. The van der Waals surface area contributed by atoms with Crippen molar-refractivity contribution in [2.24, 2.45) is 0 Å². The van der Waals surface area contributed by atoms with Gasteiger partial charge in [-0.2, -0.15) is 0 Å². The fourth-order valence-electron chi connectivity index (χ4n) is 4.15. The van der Waals surface area contributed by atoms with Gasteiger partial charge in [0.25, 0.3) is 0 Å². The van der Waals surface area contributed by atoms with Crippen molar-refractivity contribution < 1.29 is 0 Å². The van der Waals surface area contributed by atoms with Gasteiger partial charge in [0.2, 0.25) is 0 Å². The Labute approximate surface area is 171 Å². The minimum atomic E-state index is 0.580. The van der Waals surface area contributed by atoms with Gasteiger partial charge in [-0.3, -0.25) is 4.57 Å². The van der Waals surface area contributed by atoms with Crippen molar-refractivity contribution in [2.45, 2.75) is 0 Å². The van der Waals surface area contributed by atoms with E-state index in [9.17, 15) is 0 Å². The van der Waals surface area contributed by atoms with Gasteiger partial charge in [-0.05, 0) is 46.5 Å². The Morgan fingerprint density at radius 3 is 1.97 bits per heavy atom. The predicted octanol–water partition coefficient (Wildman–Crippen LogP) is 6.69. The summed E-state index contributed by atoms with van der Waals surface area (Å²) in [5.41, 5.74) is 4.10. The van der Waals surface area contributed by atoms with Gasteiger partial charge in [0, 0.05) is 17.6 Å². The number of benzene rings is 3. The standard InChI is InChI=1S/C25H13N5/c1-26-18-7-9-23-21(12-18)22-13-19(27-2)8-10-24(22)30(23)25-14-20-11-16-5-3-4-6-17(16)15-29(20)28-25/h3-15H. The van der Waals surface area contributed by atoms with Crippen LogP contribution in [0.4, 0.5) is 11.4 Å². The quantitative estimate of drug-likeness (QED) is 0.291. The lowest BCUT2D eigenvalue weighted by molar-refractivity contribution is 0.927. The molecule has 0 aliphatic rings. The zero-order chi connectivity index (χ0) is 20.2. The monoisotopic (exact) mass is 383 g/mol. The molecule has 0 saturated carbocycles. The molecule has 0 atom stereocenters. The summed E-state index contributed by atoms with van der Waals surface area (Å²) >= 11 is 0. The Bertz CT molecular complexity index is 1600. The second-order valence-electron chi connectivity index (χ2n) is 7.24. The number of aromatic nitrogens is 3. The van der Waals surface area contributed by atoms with E-state index >= 15 is 0 Å². The van der Waals surface area contributed by atoms with Gasteiger partial charge in [-0.25, -0.2) is 14.2 Å². The third-order valence-corrected chi connectivity index (χ3v) is 5.53. The summed E-state index contributed by atoms with van der Waals surface area (Å²) in [5.74, 6) is 0.802. The van der Waals surface area contributed by atoms with Gasteiger partial charge < -0.3 is 0 Å². The smallest absolute Gasteiger partial charge is 0.188 e. The Hall–Kier alpha value is -4.61. The Kier molecular flexibility index (Phi) is 3.24. The summed E-state index contributed by atoms with van der Waals surface area (Å²) in [6.07, 6.45) is 2.04. The third-order valence-electron chi connectivity index (χ3n) is 5.53. The Balaban J connectivity index is 1.71. The summed E-state index contributed by atoms with van der Waals surface area (Å²) in [4.78, 5) is 7.16. The van der Waals surface area contributed by atoms with Gasteiger partial charge in [-0.1, -0.05) is 36.4 Å². The fourth-order valence-corrected chi connectivity index (χ4v) is 4.15. The number of hydrogen-bond donors (Lipinski definition) is 0. The van der Waals surface area contributed by atoms with Crippen molar-refractivity contribution in [1.82, 2.24) is 14.2 Å². The van der Waals surface area contributed by atoms with Crippen molar-refractivity contribution in [3.63, 3.8) is 0 Å². The summed E-state index contributed by atoms with van der Waals surface area (Å²) in [6, 6.07) is 23.8. The lowest BCUT2D eigenvalue weighted by Gasteiger charge is -2.03. The molecule has 3 aromatic carbocycles.